The van der Waals surface area contributed by atoms with Crippen LogP contribution in [0, 0.1) is 5.92 Å². The molecule has 1 nitrogen and oxygen atoms in total. The molecule has 0 amide bonds. The molecule has 0 spiro atoms. The Morgan fingerprint density at radius 3 is 2.36 bits per heavy atom. The lowest BCUT2D eigenvalue weighted by Crippen LogP contribution is -1.89. The molecule has 1 aromatic carbocycles. The van der Waals surface area contributed by atoms with Crippen molar-refractivity contribution in [3.63, 3.8) is 0 Å². The molecule has 2 rings (SSSR count). The first-order valence-corrected chi connectivity index (χ1v) is 5.40. The Bertz CT molecular complexity index is 296. The Morgan fingerprint density at radius 2 is 1.79 bits per heavy atom. The van der Waals surface area contributed by atoms with Crippen LogP contribution < -0.4 is 0 Å². The van der Waals surface area contributed by atoms with E-state index in [9.17, 15) is 4.79 Å². The lowest BCUT2D eigenvalue weighted by Gasteiger charge is -2.01. The van der Waals surface area contributed by atoms with Crippen LogP contribution in [0.5, 0.6) is 0 Å². The van der Waals surface area contributed by atoms with Crippen LogP contribution in [0.2, 0.25) is 0 Å². The molecule has 74 valence electrons. The van der Waals surface area contributed by atoms with Crippen molar-refractivity contribution in [2.45, 2.75) is 32.1 Å². The van der Waals surface area contributed by atoms with Crippen LogP contribution in [0.25, 0.3) is 0 Å². The third-order valence-corrected chi connectivity index (χ3v) is 2.88. The third kappa shape index (κ3) is 2.69. The maximum atomic E-state index is 10.3. The lowest BCUT2D eigenvalue weighted by molar-refractivity contribution is -0.107. The van der Waals surface area contributed by atoms with Gasteiger partial charge in [-0.15, -0.1) is 0 Å². The molecule has 0 aromatic heterocycles. The molecule has 0 unspecified atom stereocenters. The van der Waals surface area contributed by atoms with Crippen LogP contribution in [-0.2, 0) is 17.6 Å². The molecule has 1 fully saturated rings. The molecule has 1 saturated carbocycles. The summed E-state index contributed by atoms with van der Waals surface area (Å²) in [5, 5.41) is 0. The summed E-state index contributed by atoms with van der Waals surface area (Å²) in [6, 6.07) is 8.44. The molecule has 0 saturated heterocycles. The summed E-state index contributed by atoms with van der Waals surface area (Å²) in [7, 11) is 0. The zero-order chi connectivity index (χ0) is 9.80. The molecule has 0 N–H and O–H groups in total. The highest BCUT2D eigenvalue weighted by molar-refractivity contribution is 5.54. The van der Waals surface area contributed by atoms with Gasteiger partial charge in [-0.05, 0) is 29.9 Å². The fourth-order valence-corrected chi connectivity index (χ4v) is 1.72. The van der Waals surface area contributed by atoms with Crippen LogP contribution in [0.15, 0.2) is 24.3 Å². The smallest absolute Gasteiger partial charge is 0.124 e. The number of hydrogen-bond donors (Lipinski definition) is 0. The van der Waals surface area contributed by atoms with E-state index in [1.165, 1.54) is 31.2 Å². The zero-order valence-corrected chi connectivity index (χ0v) is 8.41. The molecule has 1 aliphatic rings. The van der Waals surface area contributed by atoms with Crippen LogP contribution in [0.1, 0.15) is 30.4 Å². The van der Waals surface area contributed by atoms with Gasteiger partial charge in [0.2, 0.25) is 0 Å². The van der Waals surface area contributed by atoms with Gasteiger partial charge in [-0.1, -0.05) is 37.1 Å². The standard InChI is InChI=1S/C13H16O/c14-10-9-13-7-5-12(6-8-13)4-3-11-1-2-11/h5-8,10-11H,1-4,9H2. The van der Waals surface area contributed by atoms with E-state index < -0.39 is 0 Å². The minimum absolute atomic E-state index is 0.545. The van der Waals surface area contributed by atoms with Crippen molar-refractivity contribution >= 4 is 6.29 Å². The second-order valence-electron chi connectivity index (χ2n) is 4.17. The number of rotatable bonds is 5. The van der Waals surface area contributed by atoms with Gasteiger partial charge in [-0.3, -0.25) is 0 Å². The molecular formula is C13H16O. The number of benzene rings is 1. The Kier molecular flexibility index (Phi) is 2.97. The van der Waals surface area contributed by atoms with Crippen molar-refractivity contribution in [1.29, 1.82) is 0 Å². The maximum absolute atomic E-state index is 10.3. The maximum Gasteiger partial charge on any atom is 0.124 e. The van der Waals surface area contributed by atoms with Gasteiger partial charge < -0.3 is 4.79 Å². The Labute approximate surface area is 85.1 Å². The number of hydrogen-bond acceptors (Lipinski definition) is 1. The number of carbonyl (C=O) groups is 1. The second kappa shape index (κ2) is 4.41. The van der Waals surface area contributed by atoms with Crippen LogP contribution in [0.4, 0.5) is 0 Å². The van der Waals surface area contributed by atoms with E-state index in [-0.39, 0.29) is 0 Å². The van der Waals surface area contributed by atoms with Crippen LogP contribution >= 0.6 is 0 Å². The molecule has 1 aromatic rings. The minimum atomic E-state index is 0.545. The summed E-state index contributed by atoms with van der Waals surface area (Å²) in [4.78, 5) is 10.3. The second-order valence-corrected chi connectivity index (χ2v) is 4.17. The molecule has 0 atom stereocenters. The highest BCUT2D eigenvalue weighted by atomic mass is 16.1. The molecule has 0 bridgehead atoms. The summed E-state index contributed by atoms with van der Waals surface area (Å²) >= 11 is 0. The van der Waals surface area contributed by atoms with Gasteiger partial charge in [0, 0.05) is 6.42 Å². The van der Waals surface area contributed by atoms with E-state index >= 15 is 0 Å². The fraction of sp³-hybridized carbons (Fsp3) is 0.462. The topological polar surface area (TPSA) is 17.1 Å². The van der Waals surface area contributed by atoms with E-state index in [0.717, 1.165) is 17.8 Å². The molecule has 1 aliphatic carbocycles. The van der Waals surface area contributed by atoms with Gasteiger partial charge in [0.1, 0.15) is 6.29 Å². The molecule has 0 aliphatic heterocycles. The zero-order valence-electron chi connectivity index (χ0n) is 8.41. The van der Waals surface area contributed by atoms with Gasteiger partial charge in [0.15, 0.2) is 0 Å². The van der Waals surface area contributed by atoms with E-state index in [4.69, 9.17) is 0 Å². The predicted molar refractivity (Wildman–Crippen MR) is 57.3 cm³/mol. The average molecular weight is 188 g/mol. The monoisotopic (exact) mass is 188 g/mol. The summed E-state index contributed by atoms with van der Waals surface area (Å²) < 4.78 is 0. The largest absolute Gasteiger partial charge is 0.303 e. The Balaban J connectivity index is 1.87. The predicted octanol–water partition coefficient (Wildman–Crippen LogP) is 2.77. The van der Waals surface area contributed by atoms with Crippen molar-refractivity contribution in [3.8, 4) is 0 Å². The number of aldehydes is 1. The normalized spacial score (nSPS) is 15.4. The highest BCUT2D eigenvalue weighted by Crippen LogP contribution is 2.33. The van der Waals surface area contributed by atoms with Crippen molar-refractivity contribution < 1.29 is 4.79 Å². The molecule has 0 heterocycles. The van der Waals surface area contributed by atoms with E-state index in [1.807, 2.05) is 0 Å². The van der Waals surface area contributed by atoms with Crippen LogP contribution in [0.3, 0.4) is 0 Å². The van der Waals surface area contributed by atoms with Gasteiger partial charge in [0.25, 0.3) is 0 Å². The summed E-state index contributed by atoms with van der Waals surface area (Å²) in [5.74, 6) is 1.00. The summed E-state index contributed by atoms with van der Waals surface area (Å²) in [6.45, 7) is 0. The van der Waals surface area contributed by atoms with Crippen molar-refractivity contribution in [1.82, 2.24) is 0 Å². The molecular weight excluding hydrogens is 172 g/mol. The van der Waals surface area contributed by atoms with Gasteiger partial charge in [-0.2, -0.15) is 0 Å². The van der Waals surface area contributed by atoms with E-state index in [2.05, 4.69) is 24.3 Å². The molecule has 0 radical (unpaired) electrons. The summed E-state index contributed by atoms with van der Waals surface area (Å²) in [6.07, 6.45) is 6.91. The van der Waals surface area contributed by atoms with Crippen molar-refractivity contribution in [2.75, 3.05) is 0 Å². The Morgan fingerprint density at radius 1 is 1.14 bits per heavy atom. The van der Waals surface area contributed by atoms with Gasteiger partial charge in [0.05, 0.1) is 0 Å². The Hall–Kier alpha value is -1.11. The first-order chi connectivity index (χ1) is 6.88. The van der Waals surface area contributed by atoms with Crippen molar-refractivity contribution in [2.24, 2.45) is 5.92 Å². The number of aryl methyl sites for hydroxylation is 1. The summed E-state index contributed by atoms with van der Waals surface area (Å²) in [5.41, 5.74) is 2.53. The molecule has 1 heteroatoms. The highest BCUT2D eigenvalue weighted by Gasteiger charge is 2.20. The minimum Gasteiger partial charge on any atom is -0.303 e. The first-order valence-electron chi connectivity index (χ1n) is 5.40. The molecule has 14 heavy (non-hydrogen) atoms. The number of carbonyl (C=O) groups excluding carboxylic acids is 1. The van der Waals surface area contributed by atoms with E-state index in [1.54, 1.807) is 0 Å². The SMILES string of the molecule is O=CCc1ccc(CCC2CC2)cc1. The quantitative estimate of drug-likeness (QED) is 0.649. The third-order valence-electron chi connectivity index (χ3n) is 2.88. The lowest BCUT2D eigenvalue weighted by atomic mass is 10.0. The van der Waals surface area contributed by atoms with E-state index in [0.29, 0.717) is 6.42 Å². The fourth-order valence-electron chi connectivity index (χ4n) is 1.72. The van der Waals surface area contributed by atoms with Gasteiger partial charge >= 0.3 is 0 Å². The average Bonchev–Trinajstić information content (AvgIpc) is 3.01. The van der Waals surface area contributed by atoms with Crippen LogP contribution in [-0.4, -0.2) is 6.29 Å². The van der Waals surface area contributed by atoms with Gasteiger partial charge in [-0.25, -0.2) is 0 Å². The van der Waals surface area contributed by atoms with Crippen molar-refractivity contribution in [3.05, 3.63) is 35.4 Å². The first kappa shape index (κ1) is 9.45.